The van der Waals surface area contributed by atoms with E-state index in [1.165, 1.54) is 32.0 Å². The maximum atomic E-state index is 12.3. The van der Waals surface area contributed by atoms with Crippen molar-refractivity contribution >= 4 is 29.3 Å². The number of carbonyl (C=O) groups is 2. The molecule has 140 valence electrons. The van der Waals surface area contributed by atoms with Gasteiger partial charge in [-0.2, -0.15) is 13.2 Å². The van der Waals surface area contributed by atoms with Crippen LogP contribution >= 0.6 is 11.6 Å². The highest BCUT2D eigenvalue weighted by Crippen LogP contribution is 2.36. The predicted molar refractivity (Wildman–Crippen MR) is 89.4 cm³/mol. The van der Waals surface area contributed by atoms with E-state index in [0.717, 1.165) is 4.90 Å². The van der Waals surface area contributed by atoms with E-state index in [1.807, 2.05) is 0 Å². The second-order valence-electron chi connectivity index (χ2n) is 5.25. The lowest BCUT2D eigenvalue weighted by Crippen LogP contribution is -2.36. The van der Waals surface area contributed by atoms with Crippen molar-refractivity contribution in [3.63, 3.8) is 0 Å². The second kappa shape index (κ2) is 9.26. The zero-order valence-corrected chi connectivity index (χ0v) is 14.7. The predicted octanol–water partition coefficient (Wildman–Crippen LogP) is 2.85. The molecule has 1 aliphatic rings. The smallest absolute Gasteiger partial charge is 0.388 e. The fourth-order valence-corrected chi connectivity index (χ4v) is 2.15. The molecule has 0 bridgehead atoms. The topological polar surface area (TPSA) is 113 Å². The molecule has 2 rings (SSSR count). The third kappa shape index (κ3) is 8.39. The quantitative estimate of drug-likeness (QED) is 0.514. The van der Waals surface area contributed by atoms with Crippen LogP contribution < -0.4 is 11.5 Å². The second-order valence-corrected chi connectivity index (χ2v) is 5.69. The van der Waals surface area contributed by atoms with Gasteiger partial charge in [0.25, 0.3) is 5.91 Å². The summed E-state index contributed by atoms with van der Waals surface area (Å²) < 4.78 is 37.0. The number of rotatable bonds is 1. The van der Waals surface area contributed by atoms with E-state index in [2.05, 4.69) is 5.73 Å². The third-order valence-electron chi connectivity index (χ3n) is 2.77. The van der Waals surface area contributed by atoms with Gasteiger partial charge in [-0.1, -0.05) is 11.6 Å². The Hall–Kier alpha value is -2.29. The van der Waals surface area contributed by atoms with E-state index in [9.17, 15) is 22.8 Å². The highest BCUT2D eigenvalue weighted by atomic mass is 35.5. The summed E-state index contributed by atoms with van der Waals surface area (Å²) in [6, 6.07) is 3.91. The number of carbonyl (C=O) groups excluding carboxylic acids is 2. The van der Waals surface area contributed by atoms with Crippen molar-refractivity contribution in [2.24, 2.45) is 11.5 Å². The molecule has 1 aromatic carbocycles. The molecule has 0 fully saturated rings. The molecule has 2 amide bonds. The summed E-state index contributed by atoms with van der Waals surface area (Å²) in [7, 11) is 0. The Kier molecular flexibility index (Phi) is 8.41. The number of nitrogens with one attached hydrogen (secondary N) is 1. The van der Waals surface area contributed by atoms with Gasteiger partial charge in [0.2, 0.25) is 5.91 Å². The summed E-state index contributed by atoms with van der Waals surface area (Å²) in [4.78, 5) is 21.8. The molecule has 1 atom stereocenters. The van der Waals surface area contributed by atoms with Gasteiger partial charge in [-0.05, 0) is 37.6 Å². The highest BCUT2D eigenvalue weighted by Gasteiger charge is 2.41. The Labute approximate surface area is 148 Å². The van der Waals surface area contributed by atoms with E-state index >= 15 is 0 Å². The van der Waals surface area contributed by atoms with Gasteiger partial charge in [0.15, 0.2) is 0 Å². The van der Waals surface area contributed by atoms with Crippen LogP contribution in [0.3, 0.4) is 0 Å². The first-order valence-electron chi connectivity index (χ1n) is 7.00. The van der Waals surface area contributed by atoms with E-state index in [1.54, 1.807) is 6.92 Å². The van der Waals surface area contributed by atoms with Crippen LogP contribution in [-0.4, -0.2) is 35.3 Å². The molecule has 0 radical (unpaired) electrons. The van der Waals surface area contributed by atoms with Crippen LogP contribution in [0.25, 0.3) is 0 Å². The van der Waals surface area contributed by atoms with Crippen LogP contribution in [0.4, 0.5) is 13.2 Å². The molecular weight excluding hydrogens is 361 g/mol. The molecule has 5 N–H and O–H groups in total. The molecule has 0 aromatic heterocycles. The number of nitrogens with zero attached hydrogens (tertiary/aromatic N) is 1. The van der Waals surface area contributed by atoms with Gasteiger partial charge in [0.1, 0.15) is 6.54 Å². The van der Waals surface area contributed by atoms with Crippen LogP contribution in [0.15, 0.2) is 18.2 Å². The number of hydrogen-bond acceptors (Lipinski definition) is 3. The molecule has 6 nitrogen and oxygen atoms in total. The number of fused-ring (bicyclic) bond motifs is 1. The Balaban J connectivity index is 0.000000609. The molecule has 0 aliphatic carbocycles. The average Bonchev–Trinajstić information content (AvgIpc) is 2.61. The minimum Gasteiger partial charge on any atom is -0.388 e. The molecule has 1 aliphatic heterocycles. The Bertz CT molecular complexity index is 630. The summed E-state index contributed by atoms with van der Waals surface area (Å²) in [5.74, 6) is -0.763. The molecular formula is C15H20ClF3N4O2. The summed E-state index contributed by atoms with van der Waals surface area (Å²) in [6.07, 6.45) is -4.39. The normalized spacial score (nSPS) is 15.4. The molecule has 25 heavy (non-hydrogen) atoms. The SMILES string of the molecule is CC(=N)N.CC(N)=O.CC1c2cc(Cl)ccc2C(=O)N1CC(F)(F)F. The van der Waals surface area contributed by atoms with E-state index in [0.29, 0.717) is 16.1 Å². The number of amides is 2. The average molecular weight is 381 g/mol. The van der Waals surface area contributed by atoms with Gasteiger partial charge in [0.05, 0.1) is 11.9 Å². The molecule has 0 saturated heterocycles. The van der Waals surface area contributed by atoms with Crippen molar-refractivity contribution in [2.45, 2.75) is 33.0 Å². The van der Waals surface area contributed by atoms with Crippen molar-refractivity contribution in [3.8, 4) is 0 Å². The first-order valence-corrected chi connectivity index (χ1v) is 7.38. The van der Waals surface area contributed by atoms with Crippen LogP contribution in [0.5, 0.6) is 0 Å². The summed E-state index contributed by atoms with van der Waals surface area (Å²) in [6.45, 7) is 3.16. The number of halogens is 4. The zero-order valence-electron chi connectivity index (χ0n) is 13.9. The maximum absolute atomic E-state index is 12.3. The lowest BCUT2D eigenvalue weighted by atomic mass is 10.1. The minimum atomic E-state index is -4.39. The third-order valence-corrected chi connectivity index (χ3v) is 3.01. The number of amidine groups is 1. The number of alkyl halides is 3. The van der Waals surface area contributed by atoms with Gasteiger partial charge in [-0.25, -0.2) is 0 Å². The summed E-state index contributed by atoms with van der Waals surface area (Å²) >= 11 is 5.77. The number of nitrogens with two attached hydrogens (primary N) is 2. The van der Waals surface area contributed by atoms with E-state index < -0.39 is 24.7 Å². The molecule has 1 aromatic rings. The number of primary amides is 1. The standard InChI is InChI=1S/C11H9ClF3NO.C2H6N2.C2H5NO/c1-6-9-4-7(12)2-3-8(9)10(17)16(6)5-11(13,14)15;2*1-2(3)4/h2-4,6H,5H2,1H3;1H3,(H3,3,4);1H3,(H2,3,4). The number of benzene rings is 1. The van der Waals surface area contributed by atoms with Crippen LogP contribution in [0.1, 0.15) is 42.7 Å². The van der Waals surface area contributed by atoms with Crippen molar-refractivity contribution in [1.29, 1.82) is 5.41 Å². The minimum absolute atomic E-state index is 0.167. The zero-order chi connectivity index (χ0) is 19.9. The van der Waals surface area contributed by atoms with Crippen LogP contribution in [-0.2, 0) is 4.79 Å². The van der Waals surface area contributed by atoms with Crippen molar-refractivity contribution in [3.05, 3.63) is 34.3 Å². The molecule has 10 heteroatoms. The lowest BCUT2D eigenvalue weighted by Gasteiger charge is -2.23. The fourth-order valence-electron chi connectivity index (χ4n) is 1.97. The van der Waals surface area contributed by atoms with Crippen LogP contribution in [0, 0.1) is 5.41 Å². The van der Waals surface area contributed by atoms with Crippen molar-refractivity contribution in [1.82, 2.24) is 4.90 Å². The monoisotopic (exact) mass is 380 g/mol. The summed E-state index contributed by atoms with van der Waals surface area (Å²) in [5, 5.41) is 6.69. The molecule has 1 unspecified atom stereocenters. The Morgan fingerprint density at radius 1 is 1.32 bits per heavy atom. The largest absolute Gasteiger partial charge is 0.406 e. The Morgan fingerprint density at radius 3 is 2.16 bits per heavy atom. The summed E-state index contributed by atoms with van der Waals surface area (Å²) in [5.41, 5.74) is 10.0. The van der Waals surface area contributed by atoms with Crippen LogP contribution in [0.2, 0.25) is 5.02 Å². The highest BCUT2D eigenvalue weighted by molar-refractivity contribution is 6.30. The molecule has 0 spiro atoms. The fraction of sp³-hybridized carbons (Fsp3) is 0.400. The first-order chi connectivity index (χ1) is 11.3. The van der Waals surface area contributed by atoms with Gasteiger partial charge >= 0.3 is 6.18 Å². The Morgan fingerprint density at radius 2 is 1.76 bits per heavy atom. The van der Waals surface area contributed by atoms with E-state index in [-0.39, 0.29) is 11.7 Å². The number of hydrogen-bond donors (Lipinski definition) is 3. The van der Waals surface area contributed by atoms with Gasteiger partial charge < -0.3 is 16.4 Å². The van der Waals surface area contributed by atoms with Gasteiger partial charge in [-0.15, -0.1) is 0 Å². The maximum Gasteiger partial charge on any atom is 0.406 e. The lowest BCUT2D eigenvalue weighted by molar-refractivity contribution is -0.143. The van der Waals surface area contributed by atoms with Gasteiger partial charge in [0, 0.05) is 17.5 Å². The molecule has 0 saturated carbocycles. The first kappa shape index (κ1) is 22.7. The van der Waals surface area contributed by atoms with E-state index in [4.69, 9.17) is 22.7 Å². The molecule has 1 heterocycles. The van der Waals surface area contributed by atoms with Crippen molar-refractivity contribution < 1.29 is 22.8 Å². The van der Waals surface area contributed by atoms with Gasteiger partial charge in [-0.3, -0.25) is 15.0 Å². The van der Waals surface area contributed by atoms with Crippen molar-refractivity contribution in [2.75, 3.05) is 6.54 Å².